The van der Waals surface area contributed by atoms with Gasteiger partial charge in [0.25, 0.3) is 0 Å². The summed E-state index contributed by atoms with van der Waals surface area (Å²) < 4.78 is 5.66. The Labute approximate surface area is 96.0 Å². The van der Waals surface area contributed by atoms with Crippen LogP contribution in [0.3, 0.4) is 0 Å². The first-order valence-corrected chi connectivity index (χ1v) is 5.97. The molecule has 2 heterocycles. The molecule has 2 saturated heterocycles. The number of nitrogens with zero attached hydrogens (tertiary/aromatic N) is 1. The van der Waals surface area contributed by atoms with Crippen molar-refractivity contribution in [2.75, 3.05) is 0 Å². The Bertz CT molecular complexity index is 321. The lowest BCUT2D eigenvalue weighted by atomic mass is 9.92. The molecule has 2 aliphatic heterocycles. The first-order chi connectivity index (χ1) is 7.61. The Morgan fingerprint density at radius 2 is 2.25 bits per heavy atom. The van der Waals surface area contributed by atoms with Gasteiger partial charge >= 0.3 is 0 Å². The van der Waals surface area contributed by atoms with Gasteiger partial charge in [-0.25, -0.2) is 0 Å². The largest absolute Gasteiger partial charge is 0.373 e. The van der Waals surface area contributed by atoms with E-state index in [2.05, 4.69) is 11.4 Å². The molecule has 0 aromatic heterocycles. The summed E-state index contributed by atoms with van der Waals surface area (Å²) in [5.41, 5.74) is 0. The molecular weight excluding hydrogens is 204 g/mol. The highest BCUT2D eigenvalue weighted by Gasteiger charge is 2.42. The molecule has 88 valence electrons. The van der Waals surface area contributed by atoms with E-state index in [0.29, 0.717) is 6.10 Å². The SMILES string of the molecule is CC(C)C(C#N)C(=O)NC1CC2CCC1O2. The van der Waals surface area contributed by atoms with Crippen molar-refractivity contribution in [1.29, 1.82) is 5.26 Å². The van der Waals surface area contributed by atoms with E-state index in [9.17, 15) is 4.79 Å². The van der Waals surface area contributed by atoms with E-state index < -0.39 is 5.92 Å². The van der Waals surface area contributed by atoms with Crippen LogP contribution in [0.15, 0.2) is 0 Å². The van der Waals surface area contributed by atoms with Crippen LogP contribution in [-0.2, 0) is 9.53 Å². The van der Waals surface area contributed by atoms with Crippen LogP contribution in [0.4, 0.5) is 0 Å². The summed E-state index contributed by atoms with van der Waals surface area (Å²) in [6.45, 7) is 3.79. The second-order valence-corrected chi connectivity index (χ2v) is 5.08. The van der Waals surface area contributed by atoms with E-state index in [1.165, 1.54) is 0 Å². The van der Waals surface area contributed by atoms with Gasteiger partial charge < -0.3 is 10.1 Å². The summed E-state index contributed by atoms with van der Waals surface area (Å²) in [4.78, 5) is 11.9. The highest BCUT2D eigenvalue weighted by Crippen LogP contribution is 2.34. The quantitative estimate of drug-likeness (QED) is 0.781. The first kappa shape index (κ1) is 11.4. The van der Waals surface area contributed by atoms with Gasteiger partial charge in [-0.2, -0.15) is 5.26 Å². The molecule has 0 aliphatic carbocycles. The normalized spacial score (nSPS) is 33.8. The zero-order valence-electron chi connectivity index (χ0n) is 9.77. The maximum atomic E-state index is 11.9. The summed E-state index contributed by atoms with van der Waals surface area (Å²) in [7, 11) is 0. The van der Waals surface area contributed by atoms with Crippen LogP contribution < -0.4 is 5.32 Å². The fourth-order valence-electron chi connectivity index (χ4n) is 2.57. The zero-order valence-corrected chi connectivity index (χ0v) is 9.77. The molecule has 0 spiro atoms. The fraction of sp³-hybridized carbons (Fsp3) is 0.833. The number of carbonyl (C=O) groups is 1. The second-order valence-electron chi connectivity index (χ2n) is 5.08. The molecule has 1 N–H and O–H groups in total. The van der Waals surface area contributed by atoms with Gasteiger partial charge in [0.1, 0.15) is 5.92 Å². The lowest BCUT2D eigenvalue weighted by Gasteiger charge is -2.22. The number of carbonyl (C=O) groups excluding carboxylic acids is 1. The number of fused-ring (bicyclic) bond motifs is 2. The van der Waals surface area contributed by atoms with Crippen molar-refractivity contribution < 1.29 is 9.53 Å². The van der Waals surface area contributed by atoms with E-state index in [1.807, 2.05) is 13.8 Å². The minimum absolute atomic E-state index is 0.0597. The minimum atomic E-state index is -0.542. The third-order valence-corrected chi connectivity index (χ3v) is 3.52. The van der Waals surface area contributed by atoms with Crippen molar-refractivity contribution in [3.63, 3.8) is 0 Å². The molecule has 16 heavy (non-hydrogen) atoms. The van der Waals surface area contributed by atoms with Crippen LogP contribution in [0.25, 0.3) is 0 Å². The predicted molar refractivity (Wildman–Crippen MR) is 58.4 cm³/mol. The number of hydrogen-bond acceptors (Lipinski definition) is 3. The molecule has 0 aromatic carbocycles. The summed E-state index contributed by atoms with van der Waals surface area (Å²) in [6.07, 6.45) is 3.57. The molecule has 0 saturated carbocycles. The van der Waals surface area contributed by atoms with Gasteiger partial charge in [0.15, 0.2) is 0 Å². The molecule has 4 heteroatoms. The molecule has 1 amide bonds. The standard InChI is InChI=1S/C12H18N2O2/c1-7(2)9(6-13)12(15)14-10-5-8-3-4-11(10)16-8/h7-11H,3-5H2,1-2H3,(H,14,15). The number of amides is 1. The minimum Gasteiger partial charge on any atom is -0.373 e. The summed E-state index contributed by atoms with van der Waals surface area (Å²) in [5, 5.41) is 11.9. The van der Waals surface area contributed by atoms with Gasteiger partial charge in [-0.1, -0.05) is 13.8 Å². The number of ether oxygens (including phenoxy) is 1. The molecular formula is C12H18N2O2. The Morgan fingerprint density at radius 1 is 1.50 bits per heavy atom. The van der Waals surface area contributed by atoms with Crippen molar-refractivity contribution in [2.45, 2.75) is 51.4 Å². The van der Waals surface area contributed by atoms with Gasteiger partial charge in [-0.3, -0.25) is 4.79 Å². The summed E-state index contributed by atoms with van der Waals surface area (Å²) in [6, 6.07) is 2.19. The van der Waals surface area contributed by atoms with E-state index in [0.717, 1.165) is 19.3 Å². The van der Waals surface area contributed by atoms with E-state index >= 15 is 0 Å². The van der Waals surface area contributed by atoms with Gasteiger partial charge in [0.2, 0.25) is 5.91 Å². The Balaban J connectivity index is 1.90. The maximum absolute atomic E-state index is 11.9. The molecule has 2 fully saturated rings. The summed E-state index contributed by atoms with van der Waals surface area (Å²) in [5.74, 6) is -0.623. The smallest absolute Gasteiger partial charge is 0.237 e. The highest BCUT2D eigenvalue weighted by molar-refractivity contribution is 5.81. The first-order valence-electron chi connectivity index (χ1n) is 5.97. The number of rotatable bonds is 3. The lowest BCUT2D eigenvalue weighted by molar-refractivity contribution is -0.125. The van der Waals surface area contributed by atoms with Crippen LogP contribution in [-0.4, -0.2) is 24.2 Å². The third kappa shape index (κ3) is 2.05. The van der Waals surface area contributed by atoms with Crippen LogP contribution >= 0.6 is 0 Å². The highest BCUT2D eigenvalue weighted by atomic mass is 16.5. The topological polar surface area (TPSA) is 62.1 Å². The Hall–Kier alpha value is -1.08. The van der Waals surface area contributed by atoms with Crippen LogP contribution in [0.5, 0.6) is 0 Å². The van der Waals surface area contributed by atoms with E-state index in [-0.39, 0.29) is 24.0 Å². The van der Waals surface area contributed by atoms with Gasteiger partial charge in [0, 0.05) is 0 Å². The van der Waals surface area contributed by atoms with E-state index in [4.69, 9.17) is 10.00 Å². The van der Waals surface area contributed by atoms with Crippen molar-refractivity contribution >= 4 is 5.91 Å². The Morgan fingerprint density at radius 3 is 2.69 bits per heavy atom. The molecule has 4 unspecified atom stereocenters. The third-order valence-electron chi connectivity index (χ3n) is 3.52. The fourth-order valence-corrected chi connectivity index (χ4v) is 2.57. The lowest BCUT2D eigenvalue weighted by Crippen LogP contribution is -2.44. The van der Waals surface area contributed by atoms with Gasteiger partial charge in [-0.15, -0.1) is 0 Å². The Kier molecular flexibility index (Phi) is 3.15. The van der Waals surface area contributed by atoms with Gasteiger partial charge in [-0.05, 0) is 25.2 Å². The van der Waals surface area contributed by atoms with Crippen LogP contribution in [0.1, 0.15) is 33.1 Å². The van der Waals surface area contributed by atoms with E-state index in [1.54, 1.807) is 0 Å². The molecule has 2 bridgehead atoms. The number of hydrogen-bond donors (Lipinski definition) is 1. The average Bonchev–Trinajstić information content (AvgIpc) is 2.79. The van der Waals surface area contributed by atoms with Gasteiger partial charge in [0.05, 0.1) is 24.3 Å². The van der Waals surface area contributed by atoms with Crippen molar-refractivity contribution in [1.82, 2.24) is 5.32 Å². The maximum Gasteiger partial charge on any atom is 0.237 e. The zero-order chi connectivity index (χ0) is 11.7. The molecule has 2 rings (SSSR count). The van der Waals surface area contributed by atoms with Crippen molar-refractivity contribution in [3.05, 3.63) is 0 Å². The summed E-state index contributed by atoms with van der Waals surface area (Å²) >= 11 is 0. The molecule has 4 atom stereocenters. The average molecular weight is 222 g/mol. The van der Waals surface area contributed by atoms with Crippen LogP contribution in [0, 0.1) is 23.2 Å². The predicted octanol–water partition coefficient (Wildman–Crippen LogP) is 1.22. The molecule has 4 nitrogen and oxygen atoms in total. The molecule has 0 aromatic rings. The molecule has 0 radical (unpaired) electrons. The second kappa shape index (κ2) is 4.42. The van der Waals surface area contributed by atoms with Crippen LogP contribution in [0.2, 0.25) is 0 Å². The number of nitriles is 1. The van der Waals surface area contributed by atoms with Crippen molar-refractivity contribution in [2.24, 2.45) is 11.8 Å². The monoisotopic (exact) mass is 222 g/mol. The van der Waals surface area contributed by atoms with Crippen molar-refractivity contribution in [3.8, 4) is 6.07 Å². The number of nitrogens with one attached hydrogen (secondary N) is 1. The molecule has 2 aliphatic rings.